The molecule has 35 heavy (non-hydrogen) atoms. The first-order valence-electron chi connectivity index (χ1n) is 10.5. The Morgan fingerprint density at radius 1 is 1.03 bits per heavy atom. The molecule has 0 radical (unpaired) electrons. The number of anilines is 2. The van der Waals surface area contributed by atoms with Gasteiger partial charge in [-0.3, -0.25) is 19.5 Å². The molecule has 176 valence electrons. The van der Waals surface area contributed by atoms with Gasteiger partial charge in [-0.25, -0.2) is 9.37 Å². The van der Waals surface area contributed by atoms with E-state index in [1.54, 1.807) is 48.5 Å². The van der Waals surface area contributed by atoms with Gasteiger partial charge < -0.3 is 10.1 Å². The number of carbonyl (C=O) groups excluding carboxylic acids is 2. The molecule has 3 aromatic carbocycles. The second-order valence-electron chi connectivity index (χ2n) is 7.42. The van der Waals surface area contributed by atoms with E-state index in [0.717, 1.165) is 0 Å². The van der Waals surface area contributed by atoms with Gasteiger partial charge in [0.1, 0.15) is 23.3 Å². The minimum absolute atomic E-state index is 0.0462. The Balaban J connectivity index is 1.85. The number of amides is 2. The number of rotatable bonds is 7. The predicted octanol–water partition coefficient (Wildman–Crippen LogP) is 5.30. The van der Waals surface area contributed by atoms with Crippen molar-refractivity contribution in [2.24, 2.45) is 0 Å². The molecule has 4 aromatic rings. The molecular weight excluding hydrogens is 471 g/mol. The van der Waals surface area contributed by atoms with Crippen molar-refractivity contribution in [1.82, 2.24) is 9.97 Å². The van der Waals surface area contributed by atoms with Crippen LogP contribution in [-0.4, -0.2) is 28.9 Å². The van der Waals surface area contributed by atoms with Gasteiger partial charge in [0.05, 0.1) is 13.3 Å². The summed E-state index contributed by atoms with van der Waals surface area (Å²) in [4.78, 5) is 36.9. The van der Waals surface area contributed by atoms with Crippen LogP contribution < -0.4 is 15.0 Å². The van der Waals surface area contributed by atoms with Gasteiger partial charge in [-0.15, -0.1) is 0 Å². The fourth-order valence-corrected chi connectivity index (χ4v) is 3.62. The van der Waals surface area contributed by atoms with Crippen LogP contribution in [0.25, 0.3) is 0 Å². The van der Waals surface area contributed by atoms with E-state index < -0.39 is 23.7 Å². The summed E-state index contributed by atoms with van der Waals surface area (Å²) in [6.07, 6.45) is 4.17. The average Bonchev–Trinajstić information content (AvgIpc) is 2.89. The van der Waals surface area contributed by atoms with E-state index in [2.05, 4.69) is 15.3 Å². The first-order valence-corrected chi connectivity index (χ1v) is 10.9. The van der Waals surface area contributed by atoms with Crippen molar-refractivity contribution >= 4 is 34.8 Å². The zero-order valence-electron chi connectivity index (χ0n) is 18.6. The molecule has 2 amide bonds. The van der Waals surface area contributed by atoms with Gasteiger partial charge in [0, 0.05) is 28.8 Å². The van der Waals surface area contributed by atoms with Crippen molar-refractivity contribution in [3.63, 3.8) is 0 Å². The second-order valence-corrected chi connectivity index (χ2v) is 7.85. The lowest BCUT2D eigenvalue weighted by molar-refractivity contribution is -0.117. The van der Waals surface area contributed by atoms with Gasteiger partial charge in [0.25, 0.3) is 11.8 Å². The summed E-state index contributed by atoms with van der Waals surface area (Å²) in [7, 11) is 1.51. The summed E-state index contributed by atoms with van der Waals surface area (Å²) in [6, 6.07) is 17.5. The summed E-state index contributed by atoms with van der Waals surface area (Å²) < 4.78 is 18.7. The highest BCUT2D eigenvalue weighted by molar-refractivity contribution is 6.30. The number of ether oxygens (including phenoxy) is 1. The summed E-state index contributed by atoms with van der Waals surface area (Å²) in [5.41, 5.74) is 1.31. The molecule has 1 heterocycles. The Bertz CT molecular complexity index is 1320. The SMILES string of the molecule is COc1cccc(C(C(=O)Nc2ccc(F)cc2)N(C(=O)c2cnccn2)c2ccc(Cl)cc2)c1. The predicted molar refractivity (Wildman–Crippen MR) is 131 cm³/mol. The fourth-order valence-electron chi connectivity index (χ4n) is 3.49. The maximum absolute atomic E-state index is 13.7. The number of hydrogen-bond donors (Lipinski definition) is 1. The molecule has 1 atom stereocenters. The smallest absolute Gasteiger partial charge is 0.279 e. The highest BCUT2D eigenvalue weighted by Gasteiger charge is 2.34. The minimum atomic E-state index is -1.15. The molecule has 7 nitrogen and oxygen atoms in total. The number of hydrogen-bond acceptors (Lipinski definition) is 5. The van der Waals surface area contributed by atoms with Crippen LogP contribution in [0.15, 0.2) is 91.4 Å². The van der Waals surface area contributed by atoms with Gasteiger partial charge in [-0.05, 0) is 66.2 Å². The van der Waals surface area contributed by atoms with Crippen molar-refractivity contribution in [2.75, 3.05) is 17.3 Å². The molecule has 0 bridgehead atoms. The lowest BCUT2D eigenvalue weighted by atomic mass is 10.0. The number of carbonyl (C=O) groups is 2. The third-order valence-corrected chi connectivity index (χ3v) is 5.39. The third kappa shape index (κ3) is 5.62. The maximum Gasteiger partial charge on any atom is 0.279 e. The quantitative estimate of drug-likeness (QED) is 0.380. The summed E-state index contributed by atoms with van der Waals surface area (Å²) in [6.45, 7) is 0. The number of nitrogens with zero attached hydrogens (tertiary/aromatic N) is 3. The van der Waals surface area contributed by atoms with Crippen LogP contribution in [0.1, 0.15) is 22.1 Å². The zero-order valence-corrected chi connectivity index (χ0v) is 19.3. The lowest BCUT2D eigenvalue weighted by Crippen LogP contribution is -2.42. The molecule has 0 saturated carbocycles. The van der Waals surface area contributed by atoms with Crippen molar-refractivity contribution in [1.29, 1.82) is 0 Å². The number of halogens is 2. The summed E-state index contributed by atoms with van der Waals surface area (Å²) >= 11 is 6.08. The Morgan fingerprint density at radius 2 is 1.77 bits per heavy atom. The summed E-state index contributed by atoms with van der Waals surface area (Å²) in [5, 5.41) is 3.24. The van der Waals surface area contributed by atoms with E-state index in [4.69, 9.17) is 16.3 Å². The van der Waals surface area contributed by atoms with Gasteiger partial charge in [0.15, 0.2) is 0 Å². The van der Waals surface area contributed by atoms with Gasteiger partial charge in [-0.1, -0.05) is 23.7 Å². The minimum Gasteiger partial charge on any atom is -0.497 e. The van der Waals surface area contributed by atoms with Gasteiger partial charge in [-0.2, -0.15) is 0 Å². The Kier molecular flexibility index (Phi) is 7.32. The Hall–Kier alpha value is -4.30. The van der Waals surface area contributed by atoms with Gasteiger partial charge in [0.2, 0.25) is 0 Å². The molecule has 1 unspecified atom stereocenters. The number of benzene rings is 3. The molecule has 1 N–H and O–H groups in total. The first kappa shape index (κ1) is 23.8. The van der Waals surface area contributed by atoms with E-state index in [1.807, 2.05) is 0 Å². The fraction of sp³-hybridized carbons (Fsp3) is 0.0769. The molecule has 4 rings (SSSR count). The van der Waals surface area contributed by atoms with Crippen LogP contribution in [0.2, 0.25) is 5.02 Å². The summed E-state index contributed by atoms with van der Waals surface area (Å²) in [5.74, 6) is -1.02. The number of nitrogens with one attached hydrogen (secondary N) is 1. The monoisotopic (exact) mass is 490 g/mol. The van der Waals surface area contributed by atoms with Crippen molar-refractivity contribution in [2.45, 2.75) is 6.04 Å². The van der Waals surface area contributed by atoms with Crippen molar-refractivity contribution < 1.29 is 18.7 Å². The number of methoxy groups -OCH3 is 1. The molecule has 0 aliphatic rings. The normalized spacial score (nSPS) is 11.4. The van der Waals surface area contributed by atoms with Crippen LogP contribution in [0.5, 0.6) is 5.75 Å². The highest BCUT2D eigenvalue weighted by atomic mass is 35.5. The largest absolute Gasteiger partial charge is 0.497 e. The van der Waals surface area contributed by atoms with Crippen LogP contribution in [0.3, 0.4) is 0 Å². The molecule has 9 heteroatoms. The molecule has 1 aromatic heterocycles. The lowest BCUT2D eigenvalue weighted by Gasteiger charge is -2.31. The van der Waals surface area contributed by atoms with Crippen LogP contribution in [0.4, 0.5) is 15.8 Å². The molecule has 0 saturated heterocycles. The van der Waals surface area contributed by atoms with E-state index in [1.165, 1.54) is 54.9 Å². The van der Waals surface area contributed by atoms with Crippen LogP contribution in [-0.2, 0) is 4.79 Å². The molecule has 0 aliphatic carbocycles. The molecule has 0 aliphatic heterocycles. The molecule has 0 fully saturated rings. The van der Waals surface area contributed by atoms with Crippen molar-refractivity contribution in [3.05, 3.63) is 113 Å². The second kappa shape index (κ2) is 10.8. The molecular formula is C26H20ClFN4O3. The van der Waals surface area contributed by atoms with E-state index >= 15 is 0 Å². The van der Waals surface area contributed by atoms with Crippen LogP contribution >= 0.6 is 11.6 Å². The zero-order chi connectivity index (χ0) is 24.8. The topological polar surface area (TPSA) is 84.4 Å². The van der Waals surface area contributed by atoms with E-state index in [-0.39, 0.29) is 5.69 Å². The van der Waals surface area contributed by atoms with Gasteiger partial charge >= 0.3 is 0 Å². The number of aromatic nitrogens is 2. The first-order chi connectivity index (χ1) is 17.0. The van der Waals surface area contributed by atoms with E-state index in [9.17, 15) is 14.0 Å². The van der Waals surface area contributed by atoms with Crippen LogP contribution in [0, 0.1) is 5.82 Å². The third-order valence-electron chi connectivity index (χ3n) is 5.13. The highest BCUT2D eigenvalue weighted by Crippen LogP contribution is 2.32. The standard InChI is InChI=1S/C26H20ClFN4O3/c1-35-22-4-2-3-17(15-22)24(25(33)31-20-9-7-19(28)8-10-20)32(21-11-5-18(27)6-12-21)26(34)23-16-29-13-14-30-23/h2-16,24H,1H3,(H,31,33). The Labute approximate surface area is 206 Å². The average molecular weight is 491 g/mol. The molecule has 0 spiro atoms. The maximum atomic E-state index is 13.7. The van der Waals surface area contributed by atoms with E-state index in [0.29, 0.717) is 27.7 Å². The Morgan fingerprint density at radius 3 is 2.43 bits per heavy atom. The van der Waals surface area contributed by atoms with Crippen molar-refractivity contribution in [3.8, 4) is 5.75 Å².